The van der Waals surface area contributed by atoms with Crippen LogP contribution in [0.25, 0.3) is 0 Å². The zero-order chi connectivity index (χ0) is 11.6. The summed E-state index contributed by atoms with van der Waals surface area (Å²) >= 11 is 0. The van der Waals surface area contributed by atoms with E-state index in [4.69, 9.17) is 0 Å². The Morgan fingerprint density at radius 1 is 1.35 bits per heavy atom. The van der Waals surface area contributed by atoms with Gasteiger partial charge in [-0.3, -0.25) is 4.99 Å². The lowest BCUT2D eigenvalue weighted by Gasteiger charge is -2.27. The predicted octanol–water partition coefficient (Wildman–Crippen LogP) is 2.85. The van der Waals surface area contributed by atoms with Crippen LogP contribution in [0.1, 0.15) is 46.0 Å². The Kier molecular flexibility index (Phi) is 5.54. The molecular formula is C13H26IN3. The lowest BCUT2D eigenvalue weighted by Crippen LogP contribution is -2.42. The van der Waals surface area contributed by atoms with Gasteiger partial charge in [-0.25, -0.2) is 0 Å². The molecule has 100 valence electrons. The van der Waals surface area contributed by atoms with E-state index in [-0.39, 0.29) is 24.0 Å². The number of nitrogens with zero attached hydrogens (tertiary/aromatic N) is 2. The van der Waals surface area contributed by atoms with Gasteiger partial charge >= 0.3 is 0 Å². The van der Waals surface area contributed by atoms with Crippen molar-refractivity contribution in [2.45, 2.75) is 52.0 Å². The highest BCUT2D eigenvalue weighted by atomic mass is 127. The van der Waals surface area contributed by atoms with E-state index in [0.29, 0.717) is 11.5 Å². The van der Waals surface area contributed by atoms with E-state index in [1.165, 1.54) is 45.2 Å². The number of hydrogen-bond acceptors (Lipinski definition) is 1. The number of rotatable bonds is 3. The summed E-state index contributed by atoms with van der Waals surface area (Å²) in [4.78, 5) is 6.87. The maximum absolute atomic E-state index is 4.42. The van der Waals surface area contributed by atoms with Gasteiger partial charge in [0.25, 0.3) is 0 Å². The van der Waals surface area contributed by atoms with Crippen LogP contribution < -0.4 is 5.32 Å². The van der Waals surface area contributed by atoms with Crippen LogP contribution in [-0.2, 0) is 0 Å². The first-order valence-corrected chi connectivity index (χ1v) is 6.71. The van der Waals surface area contributed by atoms with Crippen LogP contribution in [0.15, 0.2) is 4.99 Å². The fourth-order valence-electron chi connectivity index (χ4n) is 2.65. The Morgan fingerprint density at radius 2 is 2.00 bits per heavy atom. The Hall–Kier alpha value is 0. The fourth-order valence-corrected chi connectivity index (χ4v) is 2.65. The summed E-state index contributed by atoms with van der Waals surface area (Å²) in [6.45, 7) is 7.01. The van der Waals surface area contributed by atoms with E-state index in [9.17, 15) is 0 Å². The Morgan fingerprint density at radius 3 is 2.41 bits per heavy atom. The normalized spacial score (nSPS) is 23.5. The molecular weight excluding hydrogens is 325 g/mol. The van der Waals surface area contributed by atoms with Gasteiger partial charge in [-0.15, -0.1) is 24.0 Å². The van der Waals surface area contributed by atoms with Crippen LogP contribution in [-0.4, -0.2) is 37.0 Å². The Labute approximate surface area is 122 Å². The minimum atomic E-state index is 0. The summed E-state index contributed by atoms with van der Waals surface area (Å²) < 4.78 is 0. The first-order valence-electron chi connectivity index (χ1n) is 6.71. The van der Waals surface area contributed by atoms with Crippen molar-refractivity contribution in [1.82, 2.24) is 10.2 Å². The molecule has 0 amide bonds. The van der Waals surface area contributed by atoms with Gasteiger partial charge in [-0.05, 0) is 37.5 Å². The van der Waals surface area contributed by atoms with E-state index < -0.39 is 0 Å². The first-order chi connectivity index (χ1) is 7.73. The molecule has 3 nitrogen and oxygen atoms in total. The van der Waals surface area contributed by atoms with Gasteiger partial charge in [0.15, 0.2) is 5.96 Å². The van der Waals surface area contributed by atoms with Crippen molar-refractivity contribution in [2.75, 3.05) is 20.1 Å². The van der Waals surface area contributed by atoms with Crippen molar-refractivity contribution in [1.29, 1.82) is 0 Å². The van der Waals surface area contributed by atoms with E-state index in [1.54, 1.807) is 0 Å². The van der Waals surface area contributed by atoms with E-state index in [2.05, 4.69) is 29.1 Å². The number of aliphatic imine (C=N–C) groups is 1. The van der Waals surface area contributed by atoms with Crippen molar-refractivity contribution in [3.05, 3.63) is 0 Å². The van der Waals surface area contributed by atoms with E-state index in [0.717, 1.165) is 5.96 Å². The van der Waals surface area contributed by atoms with Crippen molar-refractivity contribution >= 4 is 29.9 Å². The molecule has 2 fully saturated rings. The quantitative estimate of drug-likeness (QED) is 0.481. The van der Waals surface area contributed by atoms with E-state index in [1.807, 2.05) is 7.05 Å². The molecule has 1 saturated heterocycles. The number of halogens is 1. The Bertz CT molecular complexity index is 270. The second-order valence-corrected chi connectivity index (χ2v) is 5.34. The van der Waals surface area contributed by atoms with Crippen LogP contribution in [0.3, 0.4) is 0 Å². The van der Waals surface area contributed by atoms with Gasteiger partial charge in [0.2, 0.25) is 0 Å². The number of likely N-dealkylation sites (tertiary alicyclic amines) is 1. The van der Waals surface area contributed by atoms with Crippen molar-refractivity contribution in [2.24, 2.45) is 10.4 Å². The molecule has 4 heteroatoms. The zero-order valence-electron chi connectivity index (χ0n) is 11.3. The summed E-state index contributed by atoms with van der Waals surface area (Å²) in [5.41, 5.74) is 0.543. The second kappa shape index (κ2) is 6.25. The molecule has 2 rings (SSSR count). The lowest BCUT2D eigenvalue weighted by molar-refractivity contribution is 0.276. The predicted molar refractivity (Wildman–Crippen MR) is 84.1 cm³/mol. The molecule has 0 aromatic heterocycles. The summed E-state index contributed by atoms with van der Waals surface area (Å²) in [6.07, 6.45) is 6.55. The number of hydrogen-bond donors (Lipinski definition) is 1. The first kappa shape index (κ1) is 15.1. The summed E-state index contributed by atoms with van der Waals surface area (Å²) in [5, 5.41) is 3.54. The van der Waals surface area contributed by atoms with Crippen LogP contribution in [0, 0.1) is 5.41 Å². The van der Waals surface area contributed by atoms with Crippen molar-refractivity contribution in [3.63, 3.8) is 0 Å². The molecule has 17 heavy (non-hydrogen) atoms. The van der Waals surface area contributed by atoms with Crippen LogP contribution in [0.2, 0.25) is 0 Å². The van der Waals surface area contributed by atoms with Gasteiger partial charge in [0, 0.05) is 26.2 Å². The average Bonchev–Trinajstić information content (AvgIpc) is 3.04. The molecule has 1 saturated carbocycles. The van der Waals surface area contributed by atoms with Gasteiger partial charge in [0.1, 0.15) is 0 Å². The highest BCUT2D eigenvalue weighted by Crippen LogP contribution is 2.37. The fraction of sp³-hybridized carbons (Fsp3) is 0.923. The van der Waals surface area contributed by atoms with Crippen molar-refractivity contribution in [3.8, 4) is 0 Å². The molecule has 0 atom stereocenters. The molecule has 0 unspecified atom stereocenters. The maximum Gasteiger partial charge on any atom is 0.193 e. The third-order valence-electron chi connectivity index (χ3n) is 4.36. The molecule has 1 aliphatic carbocycles. The number of nitrogens with one attached hydrogen (secondary N) is 1. The van der Waals surface area contributed by atoms with Crippen LogP contribution >= 0.6 is 24.0 Å². The molecule has 1 aliphatic heterocycles. The van der Waals surface area contributed by atoms with Gasteiger partial charge in [-0.1, -0.05) is 13.8 Å². The summed E-state index contributed by atoms with van der Waals surface area (Å²) in [6, 6.07) is 0.706. The monoisotopic (exact) mass is 351 g/mol. The maximum atomic E-state index is 4.42. The molecule has 0 bridgehead atoms. The molecule has 0 spiro atoms. The average molecular weight is 351 g/mol. The van der Waals surface area contributed by atoms with Crippen molar-refractivity contribution < 1.29 is 0 Å². The van der Waals surface area contributed by atoms with Gasteiger partial charge in [-0.2, -0.15) is 0 Å². The second-order valence-electron chi connectivity index (χ2n) is 5.34. The molecule has 1 N–H and O–H groups in total. The van der Waals surface area contributed by atoms with E-state index >= 15 is 0 Å². The van der Waals surface area contributed by atoms with Gasteiger partial charge in [0.05, 0.1) is 0 Å². The third kappa shape index (κ3) is 3.48. The highest BCUT2D eigenvalue weighted by Gasteiger charge is 2.37. The zero-order valence-corrected chi connectivity index (χ0v) is 13.7. The molecule has 2 aliphatic rings. The van der Waals surface area contributed by atoms with Gasteiger partial charge < -0.3 is 10.2 Å². The minimum absolute atomic E-state index is 0. The summed E-state index contributed by atoms with van der Waals surface area (Å²) in [7, 11) is 1.91. The minimum Gasteiger partial charge on any atom is -0.354 e. The van der Waals surface area contributed by atoms with Crippen LogP contribution in [0.4, 0.5) is 0 Å². The van der Waals surface area contributed by atoms with Crippen LogP contribution in [0.5, 0.6) is 0 Å². The molecule has 1 heterocycles. The summed E-state index contributed by atoms with van der Waals surface area (Å²) in [5.74, 6) is 1.13. The lowest BCUT2D eigenvalue weighted by atomic mass is 9.82. The SMILES string of the molecule is CCC1(CC)CCN(C(=NC)NC2CC2)C1.I. The topological polar surface area (TPSA) is 27.6 Å². The Balaban J connectivity index is 0.00000144. The number of guanidine groups is 1. The molecule has 0 aromatic carbocycles. The molecule has 0 aromatic rings. The standard InChI is InChI=1S/C13H25N3.HI/c1-4-13(5-2)8-9-16(10-13)12(14-3)15-11-6-7-11;/h11H,4-10H2,1-3H3,(H,14,15);1H. The third-order valence-corrected chi connectivity index (χ3v) is 4.36. The smallest absolute Gasteiger partial charge is 0.193 e. The highest BCUT2D eigenvalue weighted by molar-refractivity contribution is 14.0. The largest absolute Gasteiger partial charge is 0.354 e. The molecule has 0 radical (unpaired) electrons.